The first-order chi connectivity index (χ1) is 13.4. The molecule has 0 aliphatic rings. The molecule has 0 saturated carbocycles. The smallest absolute Gasteiger partial charge is 0.200 e. The molecule has 2 atom stereocenters. The molecule has 5 heteroatoms. The number of aliphatic hydroxyl groups excluding tert-OH is 1. The second-order valence-electron chi connectivity index (χ2n) is 6.30. The average Bonchev–Trinajstić information content (AvgIpc) is 2.68. The molecular weight excluding hydrogens is 377 g/mol. The summed E-state index contributed by atoms with van der Waals surface area (Å²) >= 11 is 0. The fourth-order valence-corrected chi connectivity index (χ4v) is 1.80. The first-order valence-electron chi connectivity index (χ1n) is 8.93. The minimum absolute atomic E-state index is 0.0248. The molecule has 0 bridgehead atoms. The Hall–Kier alpha value is -2.87. The van der Waals surface area contributed by atoms with E-state index in [1.807, 2.05) is 13.8 Å². The van der Waals surface area contributed by atoms with Crippen LogP contribution in [0.1, 0.15) is 33.6 Å². The Labute approximate surface area is 173 Å². The standard InChI is InChI=1S/C21H25F3O2.C3H6/c1-13(8-9-14(2)12-19(22)17(5)25)10-11-15(3)16(4)20(23)21(24)18(6)26-7;1-3-2/h12-13,15,25H,2,4-6,10-11H2,1,3,7H3;3H,1H2,2H3/b19-12+,21-20-;. The number of halogens is 3. The van der Waals surface area contributed by atoms with E-state index in [-0.39, 0.29) is 28.7 Å². The summed E-state index contributed by atoms with van der Waals surface area (Å²) < 4.78 is 45.4. The Balaban J connectivity index is 0. The lowest BCUT2D eigenvalue weighted by Crippen LogP contribution is -2.04. The Morgan fingerprint density at radius 1 is 1.07 bits per heavy atom. The Bertz CT molecular complexity index is 746. The molecule has 0 aromatic rings. The van der Waals surface area contributed by atoms with Crippen LogP contribution >= 0.6 is 0 Å². The average molecular weight is 409 g/mol. The van der Waals surface area contributed by atoms with Crippen molar-refractivity contribution in [3.8, 4) is 11.8 Å². The Morgan fingerprint density at radius 2 is 1.59 bits per heavy atom. The van der Waals surface area contributed by atoms with E-state index in [1.165, 1.54) is 7.11 Å². The summed E-state index contributed by atoms with van der Waals surface area (Å²) in [6.07, 6.45) is 3.86. The van der Waals surface area contributed by atoms with Gasteiger partial charge in [0.15, 0.2) is 17.5 Å². The van der Waals surface area contributed by atoms with Crippen LogP contribution in [0.15, 0.2) is 85.2 Å². The van der Waals surface area contributed by atoms with Crippen molar-refractivity contribution >= 4 is 0 Å². The summed E-state index contributed by atoms with van der Waals surface area (Å²) in [5.41, 5.74) is 0.216. The van der Waals surface area contributed by atoms with Gasteiger partial charge >= 0.3 is 0 Å². The van der Waals surface area contributed by atoms with Gasteiger partial charge in [0.1, 0.15) is 11.5 Å². The highest BCUT2D eigenvalue weighted by Crippen LogP contribution is 2.29. The number of aliphatic hydroxyl groups is 1. The topological polar surface area (TPSA) is 29.5 Å². The van der Waals surface area contributed by atoms with Crippen molar-refractivity contribution in [1.82, 2.24) is 0 Å². The molecule has 2 nitrogen and oxygen atoms in total. The number of hydrogen-bond donors (Lipinski definition) is 1. The molecule has 0 aliphatic carbocycles. The molecule has 29 heavy (non-hydrogen) atoms. The van der Waals surface area contributed by atoms with Crippen molar-refractivity contribution in [3.63, 3.8) is 0 Å². The normalized spacial score (nSPS) is 13.3. The molecule has 0 rings (SSSR count). The molecule has 2 unspecified atom stereocenters. The van der Waals surface area contributed by atoms with E-state index < -0.39 is 23.2 Å². The van der Waals surface area contributed by atoms with Gasteiger partial charge in [-0.3, -0.25) is 0 Å². The van der Waals surface area contributed by atoms with Crippen molar-refractivity contribution in [2.24, 2.45) is 11.8 Å². The summed E-state index contributed by atoms with van der Waals surface area (Å²) in [6, 6.07) is 0. The molecule has 0 heterocycles. The molecule has 1 N–H and O–H groups in total. The summed E-state index contributed by atoms with van der Waals surface area (Å²) in [5, 5.41) is 8.87. The number of rotatable bonds is 9. The Kier molecular flexibility index (Phi) is 14.8. The quantitative estimate of drug-likeness (QED) is 0.184. The zero-order valence-electron chi connectivity index (χ0n) is 17.7. The first kappa shape index (κ1) is 28.3. The van der Waals surface area contributed by atoms with E-state index in [4.69, 9.17) is 5.11 Å². The SMILES string of the molecule is C=C(C#CC(C)CCC(C)C(=C)/C(F)=C(/F)C(=C)OC)/C=C(/F)C(=C)O.C=CC. The molecule has 0 amide bonds. The largest absolute Gasteiger partial charge is 0.506 e. The van der Waals surface area contributed by atoms with Crippen LogP contribution in [0.2, 0.25) is 0 Å². The monoisotopic (exact) mass is 408 g/mol. The van der Waals surface area contributed by atoms with Gasteiger partial charge in [-0.05, 0) is 37.3 Å². The molecule has 0 aromatic heterocycles. The summed E-state index contributed by atoms with van der Waals surface area (Å²) in [5.74, 6) is 0.964. The molecule has 0 radical (unpaired) electrons. The fourth-order valence-electron chi connectivity index (χ4n) is 1.80. The van der Waals surface area contributed by atoms with Gasteiger partial charge in [0, 0.05) is 11.5 Å². The van der Waals surface area contributed by atoms with E-state index in [2.05, 4.69) is 49.5 Å². The van der Waals surface area contributed by atoms with Crippen molar-refractivity contribution in [1.29, 1.82) is 0 Å². The van der Waals surface area contributed by atoms with Crippen LogP contribution in [0.3, 0.4) is 0 Å². The van der Waals surface area contributed by atoms with Crippen LogP contribution in [-0.2, 0) is 4.74 Å². The maximum atomic E-state index is 14.0. The summed E-state index contributed by atoms with van der Waals surface area (Å²) in [4.78, 5) is 0. The van der Waals surface area contributed by atoms with E-state index in [0.717, 1.165) is 6.08 Å². The van der Waals surface area contributed by atoms with Crippen LogP contribution < -0.4 is 0 Å². The first-order valence-corrected chi connectivity index (χ1v) is 8.93. The third-order valence-electron chi connectivity index (χ3n) is 3.65. The highest BCUT2D eigenvalue weighted by atomic mass is 19.2. The van der Waals surface area contributed by atoms with Crippen LogP contribution in [0.4, 0.5) is 13.2 Å². The number of allylic oxidation sites excluding steroid dienone is 7. The molecule has 0 fully saturated rings. The van der Waals surface area contributed by atoms with E-state index >= 15 is 0 Å². The second kappa shape index (κ2) is 15.1. The maximum Gasteiger partial charge on any atom is 0.200 e. The van der Waals surface area contributed by atoms with Crippen LogP contribution in [-0.4, -0.2) is 12.2 Å². The van der Waals surface area contributed by atoms with Crippen molar-refractivity contribution in [2.75, 3.05) is 7.11 Å². The number of ether oxygens (including phenoxy) is 1. The lowest BCUT2D eigenvalue weighted by Gasteiger charge is -2.15. The van der Waals surface area contributed by atoms with Crippen molar-refractivity contribution in [2.45, 2.75) is 33.6 Å². The molecule has 0 aliphatic heterocycles. The highest BCUT2D eigenvalue weighted by Gasteiger charge is 2.18. The van der Waals surface area contributed by atoms with E-state index in [1.54, 1.807) is 13.0 Å². The van der Waals surface area contributed by atoms with Gasteiger partial charge in [-0.25, -0.2) is 8.78 Å². The van der Waals surface area contributed by atoms with Gasteiger partial charge in [0.25, 0.3) is 0 Å². The summed E-state index contributed by atoms with van der Waals surface area (Å²) in [7, 11) is 1.20. The van der Waals surface area contributed by atoms with Gasteiger partial charge in [0.2, 0.25) is 0 Å². The van der Waals surface area contributed by atoms with Gasteiger partial charge in [-0.2, -0.15) is 4.39 Å². The second-order valence-corrected chi connectivity index (χ2v) is 6.30. The third kappa shape index (κ3) is 12.2. The lowest BCUT2D eigenvalue weighted by molar-refractivity contribution is 0.280. The van der Waals surface area contributed by atoms with Crippen molar-refractivity contribution in [3.05, 3.63) is 85.2 Å². The minimum atomic E-state index is -1.16. The van der Waals surface area contributed by atoms with Gasteiger partial charge in [-0.1, -0.05) is 58.1 Å². The van der Waals surface area contributed by atoms with Crippen molar-refractivity contribution < 1.29 is 23.0 Å². The molecule has 0 spiro atoms. The Morgan fingerprint density at radius 3 is 2.03 bits per heavy atom. The number of hydrogen-bond acceptors (Lipinski definition) is 2. The van der Waals surface area contributed by atoms with Crippen LogP contribution in [0, 0.1) is 23.7 Å². The van der Waals surface area contributed by atoms with E-state index in [0.29, 0.717) is 12.8 Å². The van der Waals surface area contributed by atoms with Crippen LogP contribution in [0.25, 0.3) is 0 Å². The molecule has 0 saturated heterocycles. The predicted molar refractivity (Wildman–Crippen MR) is 116 cm³/mol. The number of methoxy groups -OCH3 is 1. The van der Waals surface area contributed by atoms with Gasteiger partial charge in [-0.15, -0.1) is 6.58 Å². The lowest BCUT2D eigenvalue weighted by atomic mass is 9.92. The van der Waals surface area contributed by atoms with E-state index in [9.17, 15) is 13.2 Å². The summed E-state index contributed by atoms with van der Waals surface area (Å²) in [6.45, 7) is 22.3. The maximum absolute atomic E-state index is 14.0. The highest BCUT2D eigenvalue weighted by molar-refractivity contribution is 5.39. The predicted octanol–water partition coefficient (Wildman–Crippen LogP) is 7.58. The third-order valence-corrected chi connectivity index (χ3v) is 3.65. The minimum Gasteiger partial charge on any atom is -0.506 e. The van der Waals surface area contributed by atoms with Crippen LogP contribution in [0.5, 0.6) is 0 Å². The molecule has 0 aromatic carbocycles. The van der Waals surface area contributed by atoms with Gasteiger partial charge in [0.05, 0.1) is 7.11 Å². The zero-order chi connectivity index (χ0) is 23.1. The molecular formula is C24H31F3O2. The zero-order valence-corrected chi connectivity index (χ0v) is 17.7. The van der Waals surface area contributed by atoms with Gasteiger partial charge < -0.3 is 9.84 Å². The fraction of sp³-hybridized carbons (Fsp3) is 0.333. The molecule has 160 valence electrons.